The molecule has 202 valence electrons. The Morgan fingerprint density at radius 2 is 1.44 bits per heavy atom. The summed E-state index contributed by atoms with van der Waals surface area (Å²) in [4.78, 5) is 26.3. The number of ether oxygens (including phenoxy) is 1. The monoisotopic (exact) mass is 524 g/mol. The second-order valence-corrected chi connectivity index (χ2v) is 8.63. The van der Waals surface area contributed by atoms with Crippen molar-refractivity contribution in [1.29, 1.82) is 0 Å². The highest BCUT2D eigenvalue weighted by atomic mass is 19.4. The van der Waals surface area contributed by atoms with Crippen LogP contribution in [0, 0.1) is 0 Å². The molecule has 2 rings (SSSR count). The number of rotatable bonds is 11. The van der Waals surface area contributed by atoms with Crippen LogP contribution in [0.3, 0.4) is 0 Å². The zero-order chi connectivity index (χ0) is 27.5. The van der Waals surface area contributed by atoms with Gasteiger partial charge in [0.15, 0.2) is 0 Å². The highest BCUT2D eigenvalue weighted by Gasteiger charge is 2.71. The molecule has 0 aliphatic carbocycles. The maximum atomic E-state index is 13.5. The number of likely N-dealkylation sites (N-methyl/N-ethyl adjacent to an activating group) is 1. The van der Waals surface area contributed by atoms with Crippen LogP contribution >= 0.6 is 0 Å². The van der Waals surface area contributed by atoms with Crippen molar-refractivity contribution in [2.24, 2.45) is 0 Å². The van der Waals surface area contributed by atoms with Crippen LogP contribution in [-0.4, -0.2) is 59.4 Å². The number of hydrogen-bond donors (Lipinski definition) is 1. The summed E-state index contributed by atoms with van der Waals surface area (Å²) in [5.41, 5.74) is -5.99. The smallest absolute Gasteiger partial charge is 0.430 e. The molecule has 1 saturated heterocycles. The van der Waals surface area contributed by atoms with E-state index < -0.39 is 35.5 Å². The molecule has 36 heavy (non-hydrogen) atoms. The predicted octanol–water partition coefficient (Wildman–Crippen LogP) is 5.47. The molecule has 1 fully saturated rings. The number of urea groups is 1. The Kier molecular flexibility index (Phi) is 9.09. The van der Waals surface area contributed by atoms with E-state index >= 15 is 0 Å². The van der Waals surface area contributed by atoms with Gasteiger partial charge in [-0.2, -0.15) is 26.3 Å². The second kappa shape index (κ2) is 11.1. The van der Waals surface area contributed by atoms with Crippen LogP contribution in [-0.2, 0) is 23.2 Å². The minimum absolute atomic E-state index is 0.0578. The van der Waals surface area contributed by atoms with Crippen LogP contribution in [0.4, 0.5) is 31.1 Å². The molecule has 0 spiro atoms. The highest BCUT2D eigenvalue weighted by molar-refractivity contribution is 6.11. The van der Waals surface area contributed by atoms with Gasteiger partial charge in [-0.1, -0.05) is 33.3 Å². The van der Waals surface area contributed by atoms with Crippen LogP contribution in [0.1, 0.15) is 56.2 Å². The third kappa shape index (κ3) is 5.63. The molecule has 0 atom stereocenters. The molecule has 1 aliphatic rings. The van der Waals surface area contributed by atoms with Crippen LogP contribution in [0.15, 0.2) is 24.4 Å². The molecule has 12 heteroatoms. The lowest BCUT2D eigenvalue weighted by molar-refractivity contribution is -0.376. The van der Waals surface area contributed by atoms with Crippen LogP contribution < -0.4 is 4.74 Å². The van der Waals surface area contributed by atoms with Gasteiger partial charge in [-0.3, -0.25) is 14.6 Å². The first-order valence-electron chi connectivity index (χ1n) is 11.5. The Balaban J connectivity index is 2.27. The number of amides is 3. The fraction of sp³-hybridized carbons (Fsp3) is 0.583. The summed E-state index contributed by atoms with van der Waals surface area (Å²) in [6, 6.07) is 0.919. The maximum absolute atomic E-state index is 13.5. The number of benzene rings is 1. The zero-order valence-corrected chi connectivity index (χ0v) is 20.4. The van der Waals surface area contributed by atoms with Crippen LogP contribution in [0.2, 0.25) is 0 Å². The quantitative estimate of drug-likeness (QED) is 0.180. The van der Waals surface area contributed by atoms with Gasteiger partial charge in [0.2, 0.25) is 0 Å². The number of imide groups is 1. The fourth-order valence-corrected chi connectivity index (χ4v) is 3.97. The van der Waals surface area contributed by atoms with Crippen molar-refractivity contribution in [1.82, 2.24) is 9.80 Å². The largest absolute Gasteiger partial charge is 0.493 e. The first-order valence-corrected chi connectivity index (χ1v) is 11.5. The van der Waals surface area contributed by atoms with E-state index in [9.17, 15) is 41.0 Å². The van der Waals surface area contributed by atoms with Gasteiger partial charge in [0.25, 0.3) is 11.5 Å². The molecular weight excluding hydrogens is 494 g/mol. The van der Waals surface area contributed by atoms with E-state index in [0.717, 1.165) is 9.80 Å². The van der Waals surface area contributed by atoms with Crippen molar-refractivity contribution in [3.05, 3.63) is 41.1 Å². The lowest BCUT2D eigenvalue weighted by Gasteiger charge is -2.33. The van der Waals surface area contributed by atoms with E-state index in [1.54, 1.807) is 13.8 Å². The number of unbranched alkanes of at least 4 members (excludes halogenated alkanes) is 1. The third-order valence-electron chi connectivity index (χ3n) is 5.96. The number of nitrogens with zero attached hydrogens (tertiary/aromatic N) is 2. The molecule has 1 aliphatic heterocycles. The number of aliphatic hydroxyl groups is 1. The number of halogens is 6. The van der Waals surface area contributed by atoms with Gasteiger partial charge in [-0.25, -0.2) is 4.79 Å². The van der Waals surface area contributed by atoms with Crippen molar-refractivity contribution in [2.45, 2.75) is 70.3 Å². The van der Waals surface area contributed by atoms with E-state index in [1.165, 1.54) is 7.05 Å². The third-order valence-corrected chi connectivity index (χ3v) is 5.96. The number of carbonyl (C=O) groups is 2. The van der Waals surface area contributed by atoms with E-state index in [2.05, 4.69) is 6.58 Å². The van der Waals surface area contributed by atoms with Gasteiger partial charge < -0.3 is 9.84 Å². The Morgan fingerprint density at radius 3 is 1.83 bits per heavy atom. The molecule has 0 saturated carbocycles. The lowest BCUT2D eigenvalue weighted by atomic mass is 9.87. The van der Waals surface area contributed by atoms with Gasteiger partial charge in [0, 0.05) is 19.2 Å². The number of hydrogen-bond acceptors (Lipinski definition) is 4. The van der Waals surface area contributed by atoms with Crippen molar-refractivity contribution >= 4 is 11.9 Å². The van der Waals surface area contributed by atoms with Crippen LogP contribution in [0.25, 0.3) is 0 Å². The van der Waals surface area contributed by atoms with E-state index in [-0.39, 0.29) is 48.6 Å². The molecule has 1 aromatic carbocycles. The van der Waals surface area contributed by atoms with E-state index in [1.807, 2.05) is 0 Å². The summed E-state index contributed by atoms with van der Waals surface area (Å²) in [5, 5.41) is 9.90. The SMILES string of the molecule is C=C1C(=O)N(CCCCOc2c(CCC)cc(C(O)(C(F)(F)F)C(F)(F)F)cc2CCC)C(=O)N1C. The first-order chi connectivity index (χ1) is 16.6. The summed E-state index contributed by atoms with van der Waals surface area (Å²) in [6.07, 6.45) is -10.1. The Hall–Kier alpha value is -2.76. The Labute approximate surface area is 205 Å². The number of alkyl halides is 6. The first kappa shape index (κ1) is 29.5. The fourth-order valence-electron chi connectivity index (χ4n) is 3.97. The van der Waals surface area contributed by atoms with Crippen LogP contribution in [0.5, 0.6) is 5.75 Å². The Bertz CT molecular complexity index is 949. The average Bonchev–Trinajstić information content (AvgIpc) is 2.95. The molecule has 0 radical (unpaired) electrons. The lowest BCUT2D eigenvalue weighted by Crippen LogP contribution is -2.54. The topological polar surface area (TPSA) is 70.1 Å². The van der Waals surface area contributed by atoms with Crippen molar-refractivity contribution in [2.75, 3.05) is 20.2 Å². The molecule has 0 bridgehead atoms. The van der Waals surface area contributed by atoms with Crippen molar-refractivity contribution in [3.63, 3.8) is 0 Å². The molecule has 6 nitrogen and oxygen atoms in total. The summed E-state index contributed by atoms with van der Waals surface area (Å²) in [7, 11) is 1.43. The molecule has 1 N–H and O–H groups in total. The minimum Gasteiger partial charge on any atom is -0.493 e. The van der Waals surface area contributed by atoms with Crippen molar-refractivity contribution in [3.8, 4) is 5.75 Å². The van der Waals surface area contributed by atoms with E-state index in [4.69, 9.17) is 4.74 Å². The molecular formula is C24H30F6N2O4. The minimum atomic E-state index is -5.98. The normalized spacial score (nSPS) is 15.3. The van der Waals surface area contributed by atoms with Gasteiger partial charge in [-0.05, 0) is 48.9 Å². The standard InChI is InChI=1S/C24H30F6N2O4/c1-5-9-16-13-18(22(35,23(25,26)27)24(28,29)30)14-17(10-6-2)19(16)36-12-8-7-11-32-20(33)15(3)31(4)21(32)34/h13-14,35H,3,5-12H2,1-2,4H3. The summed E-state index contributed by atoms with van der Waals surface area (Å²) in [5.74, 6) is -0.313. The molecule has 1 aromatic rings. The Morgan fingerprint density at radius 1 is 0.944 bits per heavy atom. The maximum Gasteiger partial charge on any atom is 0.430 e. The number of carbonyl (C=O) groups excluding carboxylic acids is 2. The van der Waals surface area contributed by atoms with Crippen molar-refractivity contribution < 1.29 is 45.8 Å². The van der Waals surface area contributed by atoms with E-state index in [0.29, 0.717) is 37.8 Å². The number of aryl methyl sites for hydroxylation is 2. The molecule has 1 heterocycles. The average molecular weight is 525 g/mol. The summed E-state index contributed by atoms with van der Waals surface area (Å²) in [6.45, 7) is 7.13. The van der Waals surface area contributed by atoms with Gasteiger partial charge in [0.05, 0.1) is 6.61 Å². The molecule has 3 amide bonds. The van der Waals surface area contributed by atoms with Gasteiger partial charge >= 0.3 is 18.4 Å². The van der Waals surface area contributed by atoms with Gasteiger partial charge in [0.1, 0.15) is 11.4 Å². The second-order valence-electron chi connectivity index (χ2n) is 8.63. The predicted molar refractivity (Wildman–Crippen MR) is 119 cm³/mol. The molecule has 0 aromatic heterocycles. The molecule has 0 unspecified atom stereocenters. The van der Waals surface area contributed by atoms with Gasteiger partial charge in [-0.15, -0.1) is 0 Å². The summed E-state index contributed by atoms with van der Waals surface area (Å²) >= 11 is 0. The zero-order valence-electron chi connectivity index (χ0n) is 20.4. The summed E-state index contributed by atoms with van der Waals surface area (Å²) < 4.78 is 86.7. The highest BCUT2D eigenvalue weighted by Crippen LogP contribution is 2.51.